The molecule has 2 fully saturated rings. The number of hydrogen-bond acceptors (Lipinski definition) is 6. The highest BCUT2D eigenvalue weighted by molar-refractivity contribution is 5.93. The van der Waals surface area contributed by atoms with E-state index in [4.69, 9.17) is 9.47 Å². The number of para-hydroxylation sites is 1. The van der Waals surface area contributed by atoms with Crippen molar-refractivity contribution in [3.63, 3.8) is 0 Å². The van der Waals surface area contributed by atoms with Crippen LogP contribution in [0, 0.1) is 5.41 Å². The summed E-state index contributed by atoms with van der Waals surface area (Å²) >= 11 is 0. The van der Waals surface area contributed by atoms with Gasteiger partial charge in [-0.2, -0.15) is 0 Å². The molecule has 3 atom stereocenters. The molecule has 2 N–H and O–H groups in total. The van der Waals surface area contributed by atoms with Crippen molar-refractivity contribution >= 4 is 23.8 Å². The van der Waals surface area contributed by atoms with Crippen LogP contribution in [0.4, 0.5) is 4.79 Å². The van der Waals surface area contributed by atoms with Crippen LogP contribution in [0.25, 0.3) is 0 Å². The molecule has 0 saturated carbocycles. The highest BCUT2D eigenvalue weighted by Gasteiger charge is 2.56. The third-order valence-corrected chi connectivity index (χ3v) is 8.33. The summed E-state index contributed by atoms with van der Waals surface area (Å²) in [5.41, 5.74) is -1.77. The first-order valence-corrected chi connectivity index (χ1v) is 15.3. The Bertz CT molecular complexity index is 1330. The molecule has 10 heteroatoms. The van der Waals surface area contributed by atoms with E-state index in [1.165, 1.54) is 13.8 Å². The van der Waals surface area contributed by atoms with Gasteiger partial charge in [0.15, 0.2) is 5.60 Å². The SMILES string of the molecule is CN1C[C@@H](c2ccccc2)[C@@]2(CCCN(C(=O)[C@@H](CCOc3ccccc3)NC(=O)C(C)(C)OC(=O)NC(C)(C)C)C2)C1=O. The van der Waals surface area contributed by atoms with Crippen LogP contribution in [0.15, 0.2) is 60.7 Å². The second-order valence-corrected chi connectivity index (χ2v) is 13.4. The zero-order valence-corrected chi connectivity index (χ0v) is 26.7. The van der Waals surface area contributed by atoms with E-state index in [0.717, 1.165) is 5.56 Å². The van der Waals surface area contributed by atoms with E-state index in [1.54, 1.807) is 9.80 Å². The number of nitrogens with zero attached hydrogens (tertiary/aromatic N) is 2. The van der Waals surface area contributed by atoms with E-state index in [-0.39, 0.29) is 37.3 Å². The van der Waals surface area contributed by atoms with Crippen LogP contribution < -0.4 is 15.4 Å². The standard InChI is InChI=1S/C34H46N4O6/c1-32(2,3)36-31(42)44-33(4,5)29(40)35-27(18-21-43-25-16-11-8-12-17-25)28(39)38-20-13-19-34(23-38)26(22-37(6)30(34)41)24-14-9-7-10-15-24/h7-12,14-17,26-27H,13,18-23H2,1-6H3,(H,35,40)(H,36,42)/t26-,27+,34-/m0/s1. The predicted molar refractivity (Wildman–Crippen MR) is 167 cm³/mol. The lowest BCUT2D eigenvalue weighted by molar-refractivity contribution is -0.148. The summed E-state index contributed by atoms with van der Waals surface area (Å²) in [5, 5.41) is 5.53. The fraction of sp³-hybridized carbons (Fsp3) is 0.529. The summed E-state index contributed by atoms with van der Waals surface area (Å²) in [7, 11) is 1.82. The molecular weight excluding hydrogens is 560 g/mol. The van der Waals surface area contributed by atoms with Gasteiger partial charge in [0.05, 0.1) is 12.0 Å². The maximum absolute atomic E-state index is 14.2. The van der Waals surface area contributed by atoms with E-state index in [1.807, 2.05) is 88.5 Å². The highest BCUT2D eigenvalue weighted by atomic mass is 16.6. The number of likely N-dealkylation sites (tertiary alicyclic amines) is 2. The summed E-state index contributed by atoms with van der Waals surface area (Å²) in [6.45, 7) is 9.88. The van der Waals surface area contributed by atoms with Crippen LogP contribution in [-0.4, -0.2) is 84.1 Å². The molecule has 0 radical (unpaired) electrons. The zero-order valence-electron chi connectivity index (χ0n) is 26.7. The molecule has 1 spiro atoms. The second kappa shape index (κ2) is 13.3. The number of carbonyl (C=O) groups is 4. The summed E-state index contributed by atoms with van der Waals surface area (Å²) in [6, 6.07) is 18.3. The average molecular weight is 607 g/mol. The van der Waals surface area contributed by atoms with E-state index < -0.39 is 34.6 Å². The molecule has 2 aliphatic rings. The smallest absolute Gasteiger partial charge is 0.408 e. The van der Waals surface area contributed by atoms with Crippen LogP contribution in [0.5, 0.6) is 5.75 Å². The minimum atomic E-state index is -1.56. The van der Waals surface area contributed by atoms with Crippen LogP contribution in [0.1, 0.15) is 65.4 Å². The lowest BCUT2D eigenvalue weighted by atomic mass is 9.69. The minimum absolute atomic E-state index is 0.0382. The fourth-order valence-electron chi connectivity index (χ4n) is 6.13. The lowest BCUT2D eigenvalue weighted by Crippen LogP contribution is -2.59. The van der Waals surface area contributed by atoms with E-state index in [2.05, 4.69) is 10.6 Å². The summed E-state index contributed by atoms with van der Waals surface area (Å²) in [6.07, 6.45) is 0.791. The molecular formula is C34H46N4O6. The summed E-state index contributed by atoms with van der Waals surface area (Å²) in [5.74, 6) is -0.269. The van der Waals surface area contributed by atoms with Gasteiger partial charge in [0.25, 0.3) is 5.91 Å². The van der Waals surface area contributed by atoms with Gasteiger partial charge in [0, 0.05) is 44.6 Å². The Kier molecular flexibility index (Phi) is 9.91. The van der Waals surface area contributed by atoms with Gasteiger partial charge in [-0.25, -0.2) is 4.79 Å². The molecule has 44 heavy (non-hydrogen) atoms. The number of amides is 4. The molecule has 0 aromatic heterocycles. The van der Waals surface area contributed by atoms with Crippen molar-refractivity contribution in [1.29, 1.82) is 0 Å². The molecule has 2 aromatic carbocycles. The largest absolute Gasteiger partial charge is 0.494 e. The van der Waals surface area contributed by atoms with Gasteiger partial charge in [-0.3, -0.25) is 14.4 Å². The van der Waals surface area contributed by atoms with E-state index >= 15 is 0 Å². The van der Waals surface area contributed by atoms with Crippen molar-refractivity contribution in [3.8, 4) is 5.75 Å². The van der Waals surface area contributed by atoms with Gasteiger partial charge in [-0.15, -0.1) is 0 Å². The Hall–Kier alpha value is -4.08. The van der Waals surface area contributed by atoms with Gasteiger partial charge >= 0.3 is 6.09 Å². The Balaban J connectivity index is 1.54. The molecule has 0 aliphatic carbocycles. The Labute approximate surface area is 260 Å². The number of carbonyl (C=O) groups excluding carboxylic acids is 4. The molecule has 238 valence electrons. The number of likely N-dealkylation sites (N-methyl/N-ethyl adjacent to an activating group) is 1. The minimum Gasteiger partial charge on any atom is -0.494 e. The average Bonchev–Trinajstić information content (AvgIpc) is 3.20. The fourth-order valence-corrected chi connectivity index (χ4v) is 6.13. The molecule has 10 nitrogen and oxygen atoms in total. The molecule has 2 saturated heterocycles. The number of alkyl carbamates (subject to hydrolysis) is 1. The molecule has 4 rings (SSSR count). The van der Waals surface area contributed by atoms with Crippen molar-refractivity contribution in [2.45, 2.75) is 77.0 Å². The number of nitrogens with one attached hydrogen (secondary N) is 2. The molecule has 4 amide bonds. The Morgan fingerprint density at radius 3 is 2.27 bits per heavy atom. The van der Waals surface area contributed by atoms with Gasteiger partial charge in [-0.05, 0) is 65.2 Å². The van der Waals surface area contributed by atoms with Crippen LogP contribution in [-0.2, 0) is 19.1 Å². The highest BCUT2D eigenvalue weighted by Crippen LogP contribution is 2.49. The number of piperidine rings is 1. The van der Waals surface area contributed by atoms with Crippen molar-refractivity contribution in [1.82, 2.24) is 20.4 Å². The van der Waals surface area contributed by atoms with Crippen LogP contribution in [0.2, 0.25) is 0 Å². The van der Waals surface area contributed by atoms with Crippen molar-refractivity contribution < 1.29 is 28.7 Å². The third-order valence-electron chi connectivity index (χ3n) is 8.33. The van der Waals surface area contributed by atoms with Gasteiger partial charge in [-0.1, -0.05) is 48.5 Å². The first kappa shape index (κ1) is 32.8. The number of benzene rings is 2. The molecule has 0 bridgehead atoms. The second-order valence-electron chi connectivity index (χ2n) is 13.4. The van der Waals surface area contributed by atoms with Gasteiger partial charge in [0.2, 0.25) is 11.8 Å². The topological polar surface area (TPSA) is 117 Å². The molecule has 2 heterocycles. The normalized spacial score (nSPS) is 21.1. The van der Waals surface area contributed by atoms with Crippen LogP contribution in [0.3, 0.4) is 0 Å². The quantitative estimate of drug-likeness (QED) is 0.444. The Morgan fingerprint density at radius 1 is 1.00 bits per heavy atom. The number of hydrogen-bond donors (Lipinski definition) is 2. The van der Waals surface area contributed by atoms with Crippen molar-refractivity contribution in [2.75, 3.05) is 33.3 Å². The molecule has 2 aliphatic heterocycles. The summed E-state index contributed by atoms with van der Waals surface area (Å²) in [4.78, 5) is 57.3. The first-order valence-electron chi connectivity index (χ1n) is 15.3. The molecule has 0 unspecified atom stereocenters. The lowest BCUT2D eigenvalue weighted by Gasteiger charge is -2.43. The van der Waals surface area contributed by atoms with Crippen molar-refractivity contribution in [2.24, 2.45) is 5.41 Å². The van der Waals surface area contributed by atoms with Crippen molar-refractivity contribution in [3.05, 3.63) is 66.2 Å². The maximum Gasteiger partial charge on any atom is 0.408 e. The Morgan fingerprint density at radius 2 is 1.64 bits per heavy atom. The first-order chi connectivity index (χ1) is 20.7. The monoisotopic (exact) mass is 606 g/mol. The number of rotatable bonds is 9. The third kappa shape index (κ3) is 7.70. The van der Waals surface area contributed by atoms with Gasteiger partial charge < -0.3 is 29.9 Å². The predicted octanol–water partition coefficient (Wildman–Crippen LogP) is 4.11. The van der Waals surface area contributed by atoms with E-state index in [0.29, 0.717) is 31.7 Å². The zero-order chi connectivity index (χ0) is 32.1. The van der Waals surface area contributed by atoms with Gasteiger partial charge in [0.1, 0.15) is 11.8 Å². The molecule has 2 aromatic rings. The maximum atomic E-state index is 14.2. The van der Waals surface area contributed by atoms with E-state index in [9.17, 15) is 19.2 Å². The summed E-state index contributed by atoms with van der Waals surface area (Å²) < 4.78 is 11.4. The van der Waals surface area contributed by atoms with Crippen LogP contribution >= 0.6 is 0 Å². The number of ether oxygens (including phenoxy) is 2.